The van der Waals surface area contributed by atoms with E-state index in [1.165, 1.54) is 6.07 Å². The number of rotatable bonds is 4. The Bertz CT molecular complexity index is 1070. The number of carbonyl (C=O) groups excluding carboxylic acids is 2. The molecule has 12 heteroatoms. The second-order valence-corrected chi connectivity index (χ2v) is 8.33. The number of hydrogen-bond acceptors (Lipinski definition) is 7. The Hall–Kier alpha value is -2.99. The van der Waals surface area contributed by atoms with Crippen LogP contribution in [0.4, 0.5) is 13.2 Å². The molecule has 2 fully saturated rings. The van der Waals surface area contributed by atoms with Gasteiger partial charge in [0.2, 0.25) is 11.7 Å². The van der Waals surface area contributed by atoms with Crippen LogP contribution < -0.4 is 5.32 Å². The fourth-order valence-corrected chi connectivity index (χ4v) is 4.43. The second kappa shape index (κ2) is 8.41. The van der Waals surface area contributed by atoms with Crippen LogP contribution in [-0.2, 0) is 27.0 Å². The molecule has 1 N–H and O–H groups in total. The van der Waals surface area contributed by atoms with Gasteiger partial charge in [-0.2, -0.15) is 18.2 Å². The van der Waals surface area contributed by atoms with E-state index < -0.39 is 12.1 Å². The molecule has 2 aromatic rings. The number of benzene rings is 1. The van der Waals surface area contributed by atoms with E-state index in [-0.39, 0.29) is 47.8 Å². The topological polar surface area (TPSA) is 107 Å². The van der Waals surface area contributed by atoms with Gasteiger partial charge in [0.05, 0.1) is 31.2 Å². The van der Waals surface area contributed by atoms with Crippen molar-refractivity contribution in [2.24, 2.45) is 5.92 Å². The van der Waals surface area contributed by atoms with Gasteiger partial charge in [0.1, 0.15) is 0 Å². The van der Waals surface area contributed by atoms with Crippen LogP contribution in [-0.4, -0.2) is 65.4 Å². The first-order valence-corrected chi connectivity index (χ1v) is 10.6. The SMILES string of the molecule is O=C(N[C@H]1CCOCC1N1Cc2ccc(-c3noc(C(F)(F)F)n3)cc2C1=O)[C@H]1CCOC1. The lowest BCUT2D eigenvalue weighted by atomic mass is 10.00. The summed E-state index contributed by atoms with van der Waals surface area (Å²) in [5.74, 6) is -2.27. The molecule has 3 aliphatic rings. The van der Waals surface area contributed by atoms with Gasteiger partial charge >= 0.3 is 12.1 Å². The fraction of sp³-hybridized carbons (Fsp3) is 0.524. The van der Waals surface area contributed by atoms with E-state index in [2.05, 4.69) is 20.0 Å². The molecule has 2 saturated heterocycles. The lowest BCUT2D eigenvalue weighted by molar-refractivity contribution is -0.159. The second-order valence-electron chi connectivity index (χ2n) is 8.33. The molecule has 176 valence electrons. The third-order valence-corrected chi connectivity index (χ3v) is 6.22. The lowest BCUT2D eigenvalue weighted by Gasteiger charge is -2.38. The van der Waals surface area contributed by atoms with Crippen LogP contribution in [0.1, 0.15) is 34.7 Å². The first-order valence-electron chi connectivity index (χ1n) is 10.6. The number of nitrogens with zero attached hydrogens (tertiary/aromatic N) is 3. The monoisotopic (exact) mass is 466 g/mol. The number of alkyl halides is 3. The van der Waals surface area contributed by atoms with Gasteiger partial charge in [0, 0.05) is 30.9 Å². The summed E-state index contributed by atoms with van der Waals surface area (Å²) in [5.41, 5.74) is 1.32. The number of nitrogens with one attached hydrogen (secondary N) is 1. The standard InChI is InChI=1S/C21H21F3N4O5/c22-21(23,24)20-26-17(27-33-20)11-1-2-12-8-28(19(30)14(12)7-11)16-10-32-6-4-15(16)25-18(29)13-3-5-31-9-13/h1-2,7,13,15-16H,3-6,8-10H2,(H,25,29)/t13-,15-,16?/m0/s1. The molecule has 0 aliphatic carbocycles. The van der Waals surface area contributed by atoms with Crippen molar-refractivity contribution >= 4 is 11.8 Å². The molecule has 1 aromatic heterocycles. The van der Waals surface area contributed by atoms with Gasteiger partial charge < -0.3 is 24.2 Å². The van der Waals surface area contributed by atoms with E-state index >= 15 is 0 Å². The predicted molar refractivity (Wildman–Crippen MR) is 105 cm³/mol. The van der Waals surface area contributed by atoms with Crippen molar-refractivity contribution in [2.45, 2.75) is 37.6 Å². The van der Waals surface area contributed by atoms with Gasteiger partial charge in [0.15, 0.2) is 0 Å². The maximum atomic E-state index is 13.2. The first kappa shape index (κ1) is 21.8. The van der Waals surface area contributed by atoms with E-state index in [4.69, 9.17) is 9.47 Å². The summed E-state index contributed by atoms with van der Waals surface area (Å²) >= 11 is 0. The maximum Gasteiger partial charge on any atom is 0.471 e. The average Bonchev–Trinajstić information content (AvgIpc) is 3.54. The number of ether oxygens (including phenoxy) is 2. The van der Waals surface area contributed by atoms with Crippen LogP contribution >= 0.6 is 0 Å². The minimum atomic E-state index is -4.75. The lowest BCUT2D eigenvalue weighted by Crippen LogP contribution is -2.57. The van der Waals surface area contributed by atoms with Crippen LogP contribution in [0.15, 0.2) is 22.7 Å². The third kappa shape index (κ3) is 4.20. The van der Waals surface area contributed by atoms with Gasteiger partial charge in [-0.15, -0.1) is 0 Å². The molecule has 0 saturated carbocycles. The zero-order valence-corrected chi connectivity index (χ0v) is 17.4. The summed E-state index contributed by atoms with van der Waals surface area (Å²) in [6, 6.07) is 4.05. The summed E-state index contributed by atoms with van der Waals surface area (Å²) in [6.07, 6.45) is -3.51. The largest absolute Gasteiger partial charge is 0.471 e. The quantitative estimate of drug-likeness (QED) is 0.735. The minimum Gasteiger partial charge on any atom is -0.381 e. The summed E-state index contributed by atoms with van der Waals surface area (Å²) in [6.45, 7) is 2.01. The third-order valence-electron chi connectivity index (χ3n) is 6.22. The smallest absolute Gasteiger partial charge is 0.381 e. The Morgan fingerprint density at radius 3 is 2.67 bits per heavy atom. The fourth-order valence-electron chi connectivity index (χ4n) is 4.43. The van der Waals surface area contributed by atoms with Crippen LogP contribution in [0, 0.1) is 5.92 Å². The molecule has 3 atom stereocenters. The number of halogens is 3. The summed E-state index contributed by atoms with van der Waals surface area (Å²) in [7, 11) is 0. The molecule has 0 bridgehead atoms. The highest BCUT2D eigenvalue weighted by molar-refractivity contribution is 5.99. The van der Waals surface area contributed by atoms with E-state index in [9.17, 15) is 22.8 Å². The van der Waals surface area contributed by atoms with Gasteiger partial charge in [-0.25, -0.2) is 0 Å². The number of fused-ring (bicyclic) bond motifs is 1. The van der Waals surface area contributed by atoms with E-state index in [0.717, 1.165) is 5.56 Å². The first-order chi connectivity index (χ1) is 15.8. The molecule has 33 heavy (non-hydrogen) atoms. The van der Waals surface area contributed by atoms with Crippen molar-refractivity contribution in [3.63, 3.8) is 0 Å². The number of aromatic nitrogens is 2. The molecule has 0 radical (unpaired) electrons. The molecule has 1 unspecified atom stereocenters. The zero-order valence-electron chi connectivity index (χ0n) is 17.4. The number of amides is 2. The Kier molecular flexibility index (Phi) is 5.57. The Balaban J connectivity index is 1.34. The van der Waals surface area contributed by atoms with Crippen molar-refractivity contribution < 1.29 is 36.8 Å². The zero-order chi connectivity index (χ0) is 23.2. The van der Waals surface area contributed by atoms with Crippen LogP contribution in [0.25, 0.3) is 11.4 Å². The Morgan fingerprint density at radius 1 is 1.15 bits per heavy atom. The van der Waals surface area contributed by atoms with Crippen molar-refractivity contribution in [1.82, 2.24) is 20.4 Å². The highest BCUT2D eigenvalue weighted by Crippen LogP contribution is 2.33. The van der Waals surface area contributed by atoms with Crippen molar-refractivity contribution in [2.75, 3.05) is 26.4 Å². The van der Waals surface area contributed by atoms with Crippen molar-refractivity contribution in [3.8, 4) is 11.4 Å². The highest BCUT2D eigenvalue weighted by Gasteiger charge is 2.41. The predicted octanol–water partition coefficient (Wildman–Crippen LogP) is 2.02. The molecule has 9 nitrogen and oxygen atoms in total. The van der Waals surface area contributed by atoms with Crippen LogP contribution in [0.2, 0.25) is 0 Å². The van der Waals surface area contributed by atoms with Gasteiger partial charge in [-0.3, -0.25) is 9.59 Å². The van der Waals surface area contributed by atoms with Gasteiger partial charge in [-0.1, -0.05) is 17.3 Å². The van der Waals surface area contributed by atoms with Crippen LogP contribution in [0.3, 0.4) is 0 Å². The Morgan fingerprint density at radius 2 is 1.94 bits per heavy atom. The van der Waals surface area contributed by atoms with E-state index in [1.807, 2.05) is 0 Å². The molecule has 4 heterocycles. The molecule has 0 spiro atoms. The average molecular weight is 466 g/mol. The number of carbonyl (C=O) groups is 2. The molecule has 5 rings (SSSR count). The van der Waals surface area contributed by atoms with E-state index in [1.54, 1.807) is 17.0 Å². The molecular formula is C21H21F3N4O5. The molecule has 2 amide bonds. The minimum absolute atomic E-state index is 0.0894. The van der Waals surface area contributed by atoms with Gasteiger partial charge in [-0.05, 0) is 24.5 Å². The molecule has 1 aromatic carbocycles. The van der Waals surface area contributed by atoms with Crippen molar-refractivity contribution in [3.05, 3.63) is 35.2 Å². The van der Waals surface area contributed by atoms with Crippen LogP contribution in [0.5, 0.6) is 0 Å². The summed E-state index contributed by atoms with van der Waals surface area (Å²) in [4.78, 5) is 30.9. The molecular weight excluding hydrogens is 445 g/mol. The maximum absolute atomic E-state index is 13.2. The molecule has 3 aliphatic heterocycles. The van der Waals surface area contributed by atoms with Gasteiger partial charge in [0.25, 0.3) is 5.91 Å². The number of hydrogen-bond donors (Lipinski definition) is 1. The Labute approximate surface area is 186 Å². The highest BCUT2D eigenvalue weighted by atomic mass is 19.4. The summed E-state index contributed by atoms with van der Waals surface area (Å²) in [5, 5.41) is 6.44. The normalized spacial score (nSPS) is 25.4. The van der Waals surface area contributed by atoms with E-state index in [0.29, 0.717) is 44.8 Å². The van der Waals surface area contributed by atoms with Crippen molar-refractivity contribution in [1.29, 1.82) is 0 Å². The summed E-state index contributed by atoms with van der Waals surface area (Å²) < 4.78 is 53.5.